The van der Waals surface area contributed by atoms with Crippen molar-refractivity contribution in [2.24, 2.45) is 5.73 Å². The van der Waals surface area contributed by atoms with Gasteiger partial charge >= 0.3 is 5.97 Å². The van der Waals surface area contributed by atoms with Gasteiger partial charge in [-0.2, -0.15) is 0 Å². The van der Waals surface area contributed by atoms with E-state index in [-0.39, 0.29) is 5.94 Å². The number of carboxylic acids is 1. The normalized spacial score (nSPS) is 13.0. The lowest BCUT2D eigenvalue weighted by Crippen LogP contribution is -2.30. The van der Waals surface area contributed by atoms with Gasteiger partial charge in [-0.05, 0) is 12.2 Å². The smallest absolute Gasteiger partial charge is 0.320 e. The van der Waals surface area contributed by atoms with Crippen molar-refractivity contribution < 1.29 is 15.0 Å². The van der Waals surface area contributed by atoms with Crippen LogP contribution < -0.4 is 5.73 Å². The average molecular weight is 165 g/mol. The maximum Gasteiger partial charge on any atom is 0.320 e. The van der Waals surface area contributed by atoms with Crippen LogP contribution in [0.1, 0.15) is 6.42 Å². The van der Waals surface area contributed by atoms with E-state index in [9.17, 15) is 4.79 Å². The Balaban J connectivity index is 3.21. The Bertz CT molecular complexity index is 109. The lowest BCUT2D eigenvalue weighted by molar-refractivity contribution is -0.138. The fourth-order valence-corrected chi connectivity index (χ4v) is 0.948. The number of hydrogen-bond donors (Lipinski definition) is 3. The molecule has 0 aliphatic rings. The average Bonchev–Trinajstić information content (AvgIpc) is 1.88. The Morgan fingerprint density at radius 2 is 2.30 bits per heavy atom. The number of carboxylic acid groups (broad SMARTS) is 1. The summed E-state index contributed by atoms with van der Waals surface area (Å²) in [5, 5.41) is 16.6. The molecule has 1 atom stereocenters. The monoisotopic (exact) mass is 165 g/mol. The van der Waals surface area contributed by atoms with Crippen LogP contribution in [0.25, 0.3) is 0 Å². The molecule has 0 amide bonds. The molecule has 0 aromatic heterocycles. The minimum atomic E-state index is -0.987. The standard InChI is InChI=1S/C5H11NO3S/c6-4(5(8)9)1-2-10-3-7/h4,7H,1-3,6H2,(H,8,9). The zero-order valence-electron chi connectivity index (χ0n) is 5.49. The topological polar surface area (TPSA) is 83.5 Å². The first-order chi connectivity index (χ1) is 4.68. The molecular formula is C5H11NO3S. The van der Waals surface area contributed by atoms with Gasteiger partial charge in [-0.1, -0.05) is 0 Å². The van der Waals surface area contributed by atoms with E-state index in [0.717, 1.165) is 0 Å². The molecule has 0 fully saturated rings. The Kier molecular flexibility index (Phi) is 5.38. The molecule has 0 aliphatic carbocycles. The van der Waals surface area contributed by atoms with Crippen molar-refractivity contribution in [3.8, 4) is 0 Å². The maximum absolute atomic E-state index is 10.1. The van der Waals surface area contributed by atoms with Crippen LogP contribution in [-0.2, 0) is 4.79 Å². The van der Waals surface area contributed by atoms with Crippen molar-refractivity contribution in [2.75, 3.05) is 11.7 Å². The zero-order valence-corrected chi connectivity index (χ0v) is 6.30. The van der Waals surface area contributed by atoms with Crippen molar-refractivity contribution >= 4 is 17.7 Å². The third-order valence-electron chi connectivity index (χ3n) is 0.982. The Hall–Kier alpha value is -0.260. The molecule has 0 aliphatic heterocycles. The van der Waals surface area contributed by atoms with E-state index in [4.69, 9.17) is 15.9 Å². The summed E-state index contributed by atoms with van der Waals surface area (Å²) in [6.07, 6.45) is 0.403. The molecule has 0 bridgehead atoms. The third-order valence-corrected chi connectivity index (χ3v) is 1.69. The highest BCUT2D eigenvalue weighted by Crippen LogP contribution is 2.01. The van der Waals surface area contributed by atoms with E-state index in [1.54, 1.807) is 0 Å². The Morgan fingerprint density at radius 1 is 1.70 bits per heavy atom. The number of thioether (sulfide) groups is 1. The highest BCUT2D eigenvalue weighted by Gasteiger charge is 2.09. The number of aliphatic carboxylic acids is 1. The van der Waals surface area contributed by atoms with Crippen LogP contribution in [0.15, 0.2) is 0 Å². The number of rotatable bonds is 5. The Morgan fingerprint density at radius 3 is 2.70 bits per heavy atom. The van der Waals surface area contributed by atoms with Gasteiger partial charge in [0.1, 0.15) is 6.04 Å². The second-order valence-corrected chi connectivity index (χ2v) is 2.85. The lowest BCUT2D eigenvalue weighted by Gasteiger charge is -2.03. The molecule has 60 valence electrons. The fourth-order valence-electron chi connectivity index (χ4n) is 0.398. The molecule has 0 spiro atoms. The van der Waals surface area contributed by atoms with Crippen molar-refractivity contribution in [1.29, 1.82) is 0 Å². The summed E-state index contributed by atoms with van der Waals surface area (Å²) in [6, 6.07) is -0.793. The Labute approximate surface area is 63.4 Å². The van der Waals surface area contributed by atoms with Gasteiger partial charge in [0, 0.05) is 0 Å². The summed E-state index contributed by atoms with van der Waals surface area (Å²) in [6.45, 7) is 0. The minimum Gasteiger partial charge on any atom is -0.480 e. The van der Waals surface area contributed by atoms with Gasteiger partial charge in [-0.15, -0.1) is 11.8 Å². The predicted molar refractivity (Wildman–Crippen MR) is 39.8 cm³/mol. The summed E-state index contributed by atoms with van der Waals surface area (Å²) in [7, 11) is 0. The van der Waals surface area contributed by atoms with Gasteiger partial charge in [0.25, 0.3) is 0 Å². The molecule has 4 nitrogen and oxygen atoms in total. The summed E-state index contributed by atoms with van der Waals surface area (Å²) in [5.74, 6) is -0.380. The van der Waals surface area contributed by atoms with E-state index in [2.05, 4.69) is 0 Å². The van der Waals surface area contributed by atoms with Crippen LogP contribution in [-0.4, -0.2) is 33.9 Å². The maximum atomic E-state index is 10.1. The summed E-state index contributed by atoms with van der Waals surface area (Å²) in [4.78, 5) is 10.1. The van der Waals surface area contributed by atoms with Crippen LogP contribution in [0.2, 0.25) is 0 Å². The van der Waals surface area contributed by atoms with Gasteiger partial charge in [0.15, 0.2) is 0 Å². The SMILES string of the molecule is NC(CCSCO)C(=O)O. The molecule has 0 radical (unpaired) electrons. The predicted octanol–water partition coefficient (Wildman–Crippen LogP) is -0.529. The number of aliphatic hydroxyl groups excluding tert-OH is 1. The molecule has 10 heavy (non-hydrogen) atoms. The summed E-state index contributed by atoms with van der Waals surface area (Å²) in [5.41, 5.74) is 5.16. The van der Waals surface area contributed by atoms with Crippen LogP contribution in [0.4, 0.5) is 0 Å². The van der Waals surface area contributed by atoms with Gasteiger partial charge in [0.2, 0.25) is 0 Å². The van der Waals surface area contributed by atoms with Gasteiger partial charge in [0.05, 0.1) is 5.94 Å². The van der Waals surface area contributed by atoms with Crippen LogP contribution >= 0.6 is 11.8 Å². The fraction of sp³-hybridized carbons (Fsp3) is 0.800. The van der Waals surface area contributed by atoms with Crippen LogP contribution in [0, 0.1) is 0 Å². The van der Waals surface area contributed by atoms with Crippen molar-refractivity contribution in [1.82, 2.24) is 0 Å². The quantitative estimate of drug-likeness (QED) is 0.377. The second kappa shape index (κ2) is 5.52. The molecule has 0 saturated carbocycles. The lowest BCUT2D eigenvalue weighted by atomic mass is 10.2. The van der Waals surface area contributed by atoms with E-state index in [1.165, 1.54) is 11.8 Å². The molecule has 0 heterocycles. The number of nitrogens with two attached hydrogens (primary N) is 1. The highest BCUT2D eigenvalue weighted by molar-refractivity contribution is 7.99. The third kappa shape index (κ3) is 4.60. The first kappa shape index (κ1) is 9.74. The van der Waals surface area contributed by atoms with Gasteiger partial charge < -0.3 is 15.9 Å². The summed E-state index contributed by atoms with van der Waals surface area (Å²) < 4.78 is 0. The van der Waals surface area contributed by atoms with E-state index in [1.807, 2.05) is 0 Å². The first-order valence-corrected chi connectivity index (χ1v) is 4.01. The summed E-state index contributed by atoms with van der Waals surface area (Å²) >= 11 is 1.27. The van der Waals surface area contributed by atoms with Crippen molar-refractivity contribution in [3.05, 3.63) is 0 Å². The van der Waals surface area contributed by atoms with E-state index >= 15 is 0 Å². The molecule has 0 saturated heterocycles. The second-order valence-electron chi connectivity index (χ2n) is 1.77. The van der Waals surface area contributed by atoms with Gasteiger partial charge in [-0.25, -0.2) is 0 Å². The van der Waals surface area contributed by atoms with Crippen LogP contribution in [0.3, 0.4) is 0 Å². The molecule has 4 N–H and O–H groups in total. The molecule has 1 unspecified atom stereocenters. The molecule has 0 rings (SSSR count). The first-order valence-electron chi connectivity index (χ1n) is 2.85. The van der Waals surface area contributed by atoms with Crippen molar-refractivity contribution in [2.45, 2.75) is 12.5 Å². The number of hydrogen-bond acceptors (Lipinski definition) is 4. The largest absolute Gasteiger partial charge is 0.480 e. The highest BCUT2D eigenvalue weighted by atomic mass is 32.2. The van der Waals surface area contributed by atoms with Crippen LogP contribution in [0.5, 0.6) is 0 Å². The van der Waals surface area contributed by atoms with E-state index in [0.29, 0.717) is 12.2 Å². The zero-order chi connectivity index (χ0) is 7.98. The molecule has 0 aromatic rings. The molecule has 5 heteroatoms. The number of aliphatic hydroxyl groups is 1. The molecular weight excluding hydrogens is 154 g/mol. The van der Waals surface area contributed by atoms with Crippen molar-refractivity contribution in [3.63, 3.8) is 0 Å². The van der Waals surface area contributed by atoms with E-state index < -0.39 is 12.0 Å². The minimum absolute atomic E-state index is 0.0202. The number of carbonyl (C=O) groups is 1. The molecule has 0 aromatic carbocycles. The van der Waals surface area contributed by atoms with Gasteiger partial charge in [-0.3, -0.25) is 4.79 Å².